The van der Waals surface area contributed by atoms with Gasteiger partial charge < -0.3 is 10.0 Å². The Morgan fingerprint density at radius 2 is 2.20 bits per heavy atom. The first-order valence-electron chi connectivity index (χ1n) is 5.47. The molecule has 7 nitrogen and oxygen atoms in total. The Bertz CT molecular complexity index is 594. The first kappa shape index (κ1) is 14.3. The van der Waals surface area contributed by atoms with Crippen LogP contribution >= 0.6 is 11.8 Å². The molecule has 0 saturated carbocycles. The second kappa shape index (κ2) is 5.45. The molecule has 1 N–H and O–H groups in total. The van der Waals surface area contributed by atoms with Crippen LogP contribution in [0.5, 0.6) is 0 Å². The number of nitro groups is 1. The van der Waals surface area contributed by atoms with Gasteiger partial charge in [-0.05, 0) is 12.1 Å². The first-order chi connectivity index (χ1) is 9.41. The van der Waals surface area contributed by atoms with Gasteiger partial charge in [0, 0.05) is 17.4 Å². The van der Waals surface area contributed by atoms with Crippen LogP contribution in [0.3, 0.4) is 0 Å². The number of aliphatic carboxylic acids is 1. The lowest BCUT2D eigenvalue weighted by Gasteiger charge is -2.20. The van der Waals surface area contributed by atoms with Crippen LogP contribution in [0.25, 0.3) is 0 Å². The highest BCUT2D eigenvalue weighted by Gasteiger charge is 2.35. The number of halogens is 1. The van der Waals surface area contributed by atoms with Gasteiger partial charge in [0.15, 0.2) is 0 Å². The lowest BCUT2D eigenvalue weighted by atomic mass is 10.1. The molecule has 2 rings (SSSR count). The van der Waals surface area contributed by atoms with E-state index in [1.54, 1.807) is 0 Å². The molecule has 1 aromatic carbocycles. The average molecular weight is 300 g/mol. The maximum Gasteiger partial charge on any atom is 0.327 e. The van der Waals surface area contributed by atoms with E-state index in [1.807, 2.05) is 0 Å². The molecular weight excluding hydrogens is 291 g/mol. The highest BCUT2D eigenvalue weighted by atomic mass is 32.2. The van der Waals surface area contributed by atoms with Gasteiger partial charge >= 0.3 is 11.7 Å². The minimum absolute atomic E-state index is 0.105. The molecular formula is C11H9FN2O5S. The summed E-state index contributed by atoms with van der Waals surface area (Å²) in [6.45, 7) is 0. The lowest BCUT2D eigenvalue weighted by Crippen LogP contribution is -2.41. The quantitative estimate of drug-likeness (QED) is 0.667. The summed E-state index contributed by atoms with van der Waals surface area (Å²) < 4.78 is 13.2. The zero-order chi connectivity index (χ0) is 14.9. The molecule has 1 aromatic rings. The molecule has 9 heteroatoms. The van der Waals surface area contributed by atoms with Crippen molar-refractivity contribution in [1.29, 1.82) is 0 Å². The van der Waals surface area contributed by atoms with Crippen molar-refractivity contribution in [3.63, 3.8) is 0 Å². The van der Waals surface area contributed by atoms with E-state index >= 15 is 0 Å². The van der Waals surface area contributed by atoms with E-state index in [4.69, 9.17) is 5.11 Å². The van der Waals surface area contributed by atoms with Gasteiger partial charge in [-0.15, -0.1) is 11.8 Å². The molecule has 1 fully saturated rings. The van der Waals surface area contributed by atoms with Gasteiger partial charge in [0.1, 0.15) is 6.04 Å². The highest BCUT2D eigenvalue weighted by Crippen LogP contribution is 2.25. The number of rotatable bonds is 3. The van der Waals surface area contributed by atoms with Crippen LogP contribution in [-0.4, -0.2) is 44.5 Å². The molecule has 106 valence electrons. The number of benzene rings is 1. The zero-order valence-electron chi connectivity index (χ0n) is 9.98. The third kappa shape index (κ3) is 2.57. The van der Waals surface area contributed by atoms with E-state index < -0.39 is 34.3 Å². The fourth-order valence-electron chi connectivity index (χ4n) is 1.80. The van der Waals surface area contributed by atoms with Gasteiger partial charge in [-0.25, -0.2) is 4.79 Å². The number of carbonyl (C=O) groups excluding carboxylic acids is 1. The van der Waals surface area contributed by atoms with E-state index in [-0.39, 0.29) is 17.2 Å². The Labute approximate surface area is 116 Å². The summed E-state index contributed by atoms with van der Waals surface area (Å²) in [5.41, 5.74) is -0.915. The largest absolute Gasteiger partial charge is 0.480 e. The Morgan fingerprint density at radius 3 is 2.80 bits per heavy atom. The second-order valence-corrected chi connectivity index (χ2v) is 5.05. The summed E-state index contributed by atoms with van der Waals surface area (Å²) >= 11 is 1.27. The van der Waals surface area contributed by atoms with Crippen LogP contribution in [0.15, 0.2) is 18.2 Å². The van der Waals surface area contributed by atoms with Gasteiger partial charge in [0.05, 0.1) is 10.8 Å². The average Bonchev–Trinajstić information content (AvgIpc) is 2.87. The number of nitro benzene ring substituents is 1. The number of carbonyl (C=O) groups is 2. The van der Waals surface area contributed by atoms with E-state index in [2.05, 4.69) is 0 Å². The number of thioether (sulfide) groups is 1. The molecule has 0 bridgehead atoms. The molecule has 0 aliphatic carbocycles. The number of carboxylic acid groups (broad SMARTS) is 1. The number of hydrogen-bond donors (Lipinski definition) is 1. The fraction of sp³-hybridized carbons (Fsp3) is 0.273. The van der Waals surface area contributed by atoms with Crippen LogP contribution in [0.2, 0.25) is 0 Å². The summed E-state index contributed by atoms with van der Waals surface area (Å²) in [4.78, 5) is 34.0. The second-order valence-electron chi connectivity index (χ2n) is 4.05. The van der Waals surface area contributed by atoms with Crippen molar-refractivity contribution in [2.45, 2.75) is 6.04 Å². The van der Waals surface area contributed by atoms with Crippen molar-refractivity contribution in [2.75, 3.05) is 11.6 Å². The van der Waals surface area contributed by atoms with E-state index in [1.165, 1.54) is 11.8 Å². The Kier molecular flexibility index (Phi) is 3.89. The van der Waals surface area contributed by atoms with E-state index in [0.717, 1.165) is 23.1 Å². The maximum atomic E-state index is 13.2. The van der Waals surface area contributed by atoms with Gasteiger partial charge in [0.2, 0.25) is 5.82 Å². The maximum absolute atomic E-state index is 13.2. The first-order valence-corrected chi connectivity index (χ1v) is 6.62. The van der Waals surface area contributed by atoms with Crippen molar-refractivity contribution in [3.8, 4) is 0 Å². The predicted octanol–water partition coefficient (Wildman–Crippen LogP) is 1.33. The fourth-order valence-corrected chi connectivity index (χ4v) is 2.94. The molecule has 1 aliphatic heterocycles. The molecule has 1 aliphatic rings. The molecule has 1 atom stereocenters. The molecule has 0 radical (unpaired) electrons. The summed E-state index contributed by atoms with van der Waals surface area (Å²) in [7, 11) is 0. The van der Waals surface area contributed by atoms with Crippen LogP contribution in [-0.2, 0) is 4.79 Å². The highest BCUT2D eigenvalue weighted by molar-refractivity contribution is 7.99. The monoisotopic (exact) mass is 300 g/mol. The Hall–Kier alpha value is -2.16. The van der Waals surface area contributed by atoms with Crippen molar-refractivity contribution in [2.24, 2.45) is 0 Å². The van der Waals surface area contributed by atoms with Gasteiger partial charge in [-0.2, -0.15) is 4.39 Å². The molecule has 20 heavy (non-hydrogen) atoms. The smallest absolute Gasteiger partial charge is 0.327 e. The summed E-state index contributed by atoms with van der Waals surface area (Å²) in [6, 6.07) is 1.77. The topological polar surface area (TPSA) is 101 Å². The SMILES string of the molecule is O=C(O)[C@@H]1CSCN1C(=O)c1ccc(F)c([N+](=O)[O-])c1. The minimum Gasteiger partial charge on any atom is -0.480 e. The minimum atomic E-state index is -1.14. The van der Waals surface area contributed by atoms with Gasteiger partial charge in [-0.1, -0.05) is 0 Å². The van der Waals surface area contributed by atoms with E-state index in [9.17, 15) is 24.1 Å². The number of amides is 1. The molecule has 1 heterocycles. The van der Waals surface area contributed by atoms with Gasteiger partial charge in [0.25, 0.3) is 5.91 Å². The summed E-state index contributed by atoms with van der Waals surface area (Å²) in [5.74, 6) is -2.41. The number of nitrogens with zero attached hydrogens (tertiary/aromatic N) is 2. The standard InChI is InChI=1S/C11H9FN2O5S/c12-7-2-1-6(3-8(7)14(18)19)10(15)13-5-20-4-9(13)11(16)17/h1-3,9H,4-5H2,(H,16,17)/t9-/m0/s1. The van der Waals surface area contributed by atoms with Crippen LogP contribution in [0.4, 0.5) is 10.1 Å². The van der Waals surface area contributed by atoms with Crippen molar-refractivity contribution < 1.29 is 24.0 Å². The molecule has 1 amide bonds. The third-order valence-electron chi connectivity index (χ3n) is 2.82. The van der Waals surface area contributed by atoms with Crippen molar-refractivity contribution in [1.82, 2.24) is 4.90 Å². The van der Waals surface area contributed by atoms with E-state index in [0.29, 0.717) is 0 Å². The van der Waals surface area contributed by atoms with Crippen LogP contribution in [0.1, 0.15) is 10.4 Å². The molecule has 0 unspecified atom stereocenters. The van der Waals surface area contributed by atoms with Crippen LogP contribution < -0.4 is 0 Å². The normalized spacial score (nSPS) is 18.1. The van der Waals surface area contributed by atoms with Crippen molar-refractivity contribution >= 4 is 29.3 Å². The Balaban J connectivity index is 2.32. The Morgan fingerprint density at radius 1 is 1.50 bits per heavy atom. The summed E-state index contributed by atoms with van der Waals surface area (Å²) in [5, 5.41) is 19.6. The molecule has 1 saturated heterocycles. The summed E-state index contributed by atoms with van der Waals surface area (Å²) in [6.07, 6.45) is 0. The lowest BCUT2D eigenvalue weighted by molar-refractivity contribution is -0.387. The van der Waals surface area contributed by atoms with Crippen LogP contribution in [0, 0.1) is 15.9 Å². The third-order valence-corrected chi connectivity index (χ3v) is 3.83. The van der Waals surface area contributed by atoms with Gasteiger partial charge in [-0.3, -0.25) is 14.9 Å². The number of hydrogen-bond acceptors (Lipinski definition) is 5. The van der Waals surface area contributed by atoms with Crippen molar-refractivity contribution in [3.05, 3.63) is 39.7 Å². The zero-order valence-corrected chi connectivity index (χ0v) is 10.8. The number of carboxylic acids is 1. The molecule has 0 aromatic heterocycles. The molecule has 0 spiro atoms. The predicted molar refractivity (Wildman–Crippen MR) is 68.0 cm³/mol.